The Hall–Kier alpha value is -3.69. The number of aromatic nitrogens is 4. The summed E-state index contributed by atoms with van der Waals surface area (Å²) in [6, 6.07) is -0.0406. The fourth-order valence-corrected chi connectivity index (χ4v) is 6.61. The Morgan fingerprint density at radius 3 is 2.70 bits per heavy atom. The van der Waals surface area contributed by atoms with E-state index in [1.54, 1.807) is 6.92 Å². The van der Waals surface area contributed by atoms with Gasteiger partial charge in [-0.25, -0.2) is 27.5 Å². The maximum Gasteiger partial charge on any atom is 0.418 e. The Balaban J connectivity index is 1.54. The van der Waals surface area contributed by atoms with Gasteiger partial charge in [-0.3, -0.25) is 4.90 Å². The van der Waals surface area contributed by atoms with Crippen LogP contribution in [0.5, 0.6) is 11.9 Å². The van der Waals surface area contributed by atoms with Gasteiger partial charge in [0.2, 0.25) is 12.3 Å². The maximum absolute atomic E-state index is 16.5. The molecule has 6 rings (SSSR count). The van der Waals surface area contributed by atoms with Crippen molar-refractivity contribution in [3.63, 3.8) is 0 Å². The molecule has 0 unspecified atom stereocenters. The third kappa shape index (κ3) is 5.30. The monoisotopic (exact) mass is 629 g/mol. The van der Waals surface area contributed by atoms with Gasteiger partial charge in [-0.2, -0.15) is 23.1 Å². The summed E-state index contributed by atoms with van der Waals surface area (Å²) in [5.74, 6) is -1.83. The number of nitrogens with two attached hydrogens (primary N) is 1. The molecule has 0 radical (unpaired) electrons. The lowest BCUT2D eigenvalue weighted by Crippen LogP contribution is -2.43. The number of nitrogen functional groups attached to an aromatic ring is 1. The number of nitrogens with zero attached hydrogens (tertiary/aromatic N) is 6. The summed E-state index contributed by atoms with van der Waals surface area (Å²) in [5.41, 5.74) is 1.55. The van der Waals surface area contributed by atoms with Gasteiger partial charge in [-0.15, -0.1) is 0 Å². The van der Waals surface area contributed by atoms with Crippen LogP contribution in [0.25, 0.3) is 22.2 Å². The van der Waals surface area contributed by atoms with Crippen molar-refractivity contribution in [3.05, 3.63) is 23.1 Å². The topological polar surface area (TPSA) is 103 Å². The van der Waals surface area contributed by atoms with Crippen molar-refractivity contribution in [2.75, 3.05) is 43.5 Å². The van der Waals surface area contributed by atoms with Gasteiger partial charge in [0.15, 0.2) is 5.82 Å². The van der Waals surface area contributed by atoms with Gasteiger partial charge in [0.05, 0.1) is 22.8 Å². The van der Waals surface area contributed by atoms with E-state index in [2.05, 4.69) is 19.9 Å². The second-order valence-corrected chi connectivity index (χ2v) is 11.6. The van der Waals surface area contributed by atoms with Crippen LogP contribution in [0.15, 0.2) is 6.07 Å². The van der Waals surface area contributed by atoms with Gasteiger partial charge < -0.3 is 20.1 Å². The molecule has 2 fully saturated rings. The summed E-state index contributed by atoms with van der Waals surface area (Å²) in [4.78, 5) is 20.0. The molecule has 0 amide bonds. The highest BCUT2D eigenvalue weighted by Gasteiger charge is 2.49. The first-order valence-corrected chi connectivity index (χ1v) is 14.2. The van der Waals surface area contributed by atoms with E-state index >= 15 is 4.39 Å². The first-order chi connectivity index (χ1) is 20.8. The van der Waals surface area contributed by atoms with E-state index in [1.807, 2.05) is 4.90 Å². The Bertz CT molecular complexity index is 1590. The van der Waals surface area contributed by atoms with E-state index in [1.165, 1.54) is 4.90 Å². The van der Waals surface area contributed by atoms with E-state index in [0.717, 1.165) is 19.4 Å². The minimum atomic E-state index is -4.94. The van der Waals surface area contributed by atoms with Crippen LogP contribution in [-0.2, 0) is 6.18 Å². The molecule has 238 valence electrons. The molecule has 3 aromatic heterocycles. The molecule has 3 aliphatic heterocycles. The minimum absolute atomic E-state index is 0.0133. The van der Waals surface area contributed by atoms with Gasteiger partial charge in [-0.05, 0) is 39.3 Å². The zero-order valence-corrected chi connectivity index (χ0v) is 23.9. The van der Waals surface area contributed by atoms with Gasteiger partial charge in [0, 0.05) is 31.5 Å². The van der Waals surface area contributed by atoms with Crippen LogP contribution in [0.2, 0.25) is 0 Å². The Morgan fingerprint density at radius 1 is 1.20 bits per heavy atom. The van der Waals surface area contributed by atoms with Gasteiger partial charge in [0.1, 0.15) is 47.6 Å². The molecular weight excluding hydrogens is 599 g/mol. The molecule has 0 saturated carbocycles. The quantitative estimate of drug-likeness (QED) is 0.348. The smallest absolute Gasteiger partial charge is 0.418 e. The number of anilines is 2. The van der Waals surface area contributed by atoms with Gasteiger partial charge in [-0.1, -0.05) is 0 Å². The molecule has 0 aromatic carbocycles. The summed E-state index contributed by atoms with van der Waals surface area (Å²) in [6.45, 7) is 3.37. The summed E-state index contributed by atoms with van der Waals surface area (Å²) >= 11 is 0. The number of fused-ring (bicyclic) bond motifs is 1. The highest BCUT2D eigenvalue weighted by Crippen LogP contribution is 2.45. The van der Waals surface area contributed by atoms with Crippen molar-refractivity contribution < 1.29 is 40.2 Å². The Kier molecular flexibility index (Phi) is 7.61. The van der Waals surface area contributed by atoms with Crippen LogP contribution in [0.1, 0.15) is 43.9 Å². The SMILES string of the molecule is Cc1nc(N)cc(-c2nc3c4c(nc(OC[C@@]56CCCN5C[C@H](F)C6)nc4c2F)N(CCC(F)F)[C@@H](C)CO3)c1C(F)(F)F. The van der Waals surface area contributed by atoms with Crippen LogP contribution < -0.4 is 20.1 Å². The zero-order chi connectivity index (χ0) is 31.6. The second kappa shape index (κ2) is 11.0. The lowest BCUT2D eigenvalue weighted by molar-refractivity contribution is -0.137. The predicted molar refractivity (Wildman–Crippen MR) is 146 cm³/mol. The average Bonchev–Trinajstić information content (AvgIpc) is 3.41. The Labute approximate surface area is 247 Å². The average molecular weight is 630 g/mol. The normalized spacial score (nSPS) is 23.7. The van der Waals surface area contributed by atoms with Crippen molar-refractivity contribution in [2.45, 2.75) is 69.9 Å². The lowest BCUT2D eigenvalue weighted by Gasteiger charge is -2.31. The molecule has 16 heteroatoms. The molecular formula is C28H30F7N7O2. The standard InChI is InChI=1S/C28H30F7N7O2/c1-13-11-43-25-19-23(21(32)22(38-25)16-8-18(36)37-14(2)20(16)28(33,34)35)39-26(40-24(19)42(13)7-4-17(30)31)44-12-27-5-3-6-41(27)10-15(29)9-27/h8,13,15,17H,3-7,9-12H2,1-2H3,(H2,36,37)/t13-,15+,27-/m0/s1. The third-order valence-electron chi connectivity index (χ3n) is 8.56. The third-order valence-corrected chi connectivity index (χ3v) is 8.56. The molecule has 3 aliphatic rings. The zero-order valence-electron chi connectivity index (χ0n) is 23.9. The number of rotatable bonds is 7. The molecule has 2 N–H and O–H groups in total. The number of aryl methyl sites for hydroxylation is 1. The van der Waals surface area contributed by atoms with Crippen molar-refractivity contribution >= 4 is 22.5 Å². The first kappa shape index (κ1) is 30.3. The summed E-state index contributed by atoms with van der Waals surface area (Å²) in [5, 5.41) is -0.102. The molecule has 0 spiro atoms. The molecule has 0 aliphatic carbocycles. The van der Waals surface area contributed by atoms with Gasteiger partial charge in [0.25, 0.3) is 0 Å². The number of ether oxygens (including phenoxy) is 2. The van der Waals surface area contributed by atoms with Crippen molar-refractivity contribution in [1.82, 2.24) is 24.8 Å². The van der Waals surface area contributed by atoms with Crippen molar-refractivity contribution in [2.24, 2.45) is 0 Å². The summed E-state index contributed by atoms with van der Waals surface area (Å²) < 4.78 is 112. The van der Waals surface area contributed by atoms with E-state index in [4.69, 9.17) is 15.2 Å². The van der Waals surface area contributed by atoms with E-state index in [-0.39, 0.29) is 61.6 Å². The maximum atomic E-state index is 16.5. The van der Waals surface area contributed by atoms with Crippen molar-refractivity contribution in [3.8, 4) is 23.1 Å². The minimum Gasteiger partial charge on any atom is -0.475 e. The van der Waals surface area contributed by atoms with E-state index < -0.39 is 70.6 Å². The summed E-state index contributed by atoms with van der Waals surface area (Å²) in [6.07, 6.45) is -7.46. The van der Waals surface area contributed by atoms with Crippen LogP contribution in [-0.4, -0.2) is 81.9 Å². The molecule has 3 atom stereocenters. The molecule has 2 saturated heterocycles. The molecule has 3 aromatic rings. The molecule has 6 heterocycles. The second-order valence-electron chi connectivity index (χ2n) is 11.6. The fourth-order valence-electron chi connectivity index (χ4n) is 6.61. The van der Waals surface area contributed by atoms with E-state index in [9.17, 15) is 26.3 Å². The molecule has 44 heavy (non-hydrogen) atoms. The number of pyridine rings is 2. The van der Waals surface area contributed by atoms with Crippen molar-refractivity contribution in [1.29, 1.82) is 0 Å². The number of halogens is 7. The largest absolute Gasteiger partial charge is 0.475 e. The predicted octanol–water partition coefficient (Wildman–Crippen LogP) is 5.33. The molecule has 0 bridgehead atoms. The lowest BCUT2D eigenvalue weighted by atomic mass is 9.95. The van der Waals surface area contributed by atoms with E-state index in [0.29, 0.717) is 13.0 Å². The highest BCUT2D eigenvalue weighted by molar-refractivity contribution is 5.97. The van der Waals surface area contributed by atoms with Crippen LogP contribution in [0.3, 0.4) is 0 Å². The van der Waals surface area contributed by atoms with Crippen LogP contribution in [0, 0.1) is 12.7 Å². The number of hydrogen-bond acceptors (Lipinski definition) is 9. The first-order valence-electron chi connectivity index (χ1n) is 14.2. The van der Waals surface area contributed by atoms with Crippen LogP contribution in [0.4, 0.5) is 42.4 Å². The molecule has 9 nitrogen and oxygen atoms in total. The van der Waals surface area contributed by atoms with Crippen LogP contribution >= 0.6 is 0 Å². The number of hydrogen-bond donors (Lipinski definition) is 1. The Morgan fingerprint density at radius 2 is 1.98 bits per heavy atom. The fraction of sp³-hybridized carbons (Fsp3) is 0.571. The number of alkyl halides is 6. The summed E-state index contributed by atoms with van der Waals surface area (Å²) in [7, 11) is 0. The van der Waals surface area contributed by atoms with Gasteiger partial charge >= 0.3 is 12.2 Å². The highest BCUT2D eigenvalue weighted by atomic mass is 19.4.